The number of hydrogen-bond acceptors (Lipinski definition) is 7. The number of nitrogens with zero attached hydrogens (tertiary/aromatic N) is 2. The van der Waals surface area contributed by atoms with Gasteiger partial charge < -0.3 is 29.7 Å². The van der Waals surface area contributed by atoms with Crippen molar-refractivity contribution >= 4 is 23.7 Å². The van der Waals surface area contributed by atoms with Crippen molar-refractivity contribution in [2.75, 3.05) is 26.3 Å². The third-order valence-corrected chi connectivity index (χ3v) is 9.44. The Hall–Kier alpha value is -3.50. The molecule has 5 bridgehead atoms. The van der Waals surface area contributed by atoms with E-state index in [1.165, 1.54) is 4.90 Å². The number of aliphatic hydroxyl groups is 1. The van der Waals surface area contributed by atoms with E-state index in [2.05, 4.69) is 12.2 Å². The van der Waals surface area contributed by atoms with Crippen molar-refractivity contribution in [3.05, 3.63) is 60.2 Å². The minimum atomic E-state index is -1.33. The number of fused-ring (bicyclic) bond motifs is 2. The van der Waals surface area contributed by atoms with Crippen molar-refractivity contribution in [1.82, 2.24) is 15.1 Å². The van der Waals surface area contributed by atoms with E-state index in [9.17, 15) is 24.3 Å². The summed E-state index contributed by atoms with van der Waals surface area (Å²) >= 11 is 0. The van der Waals surface area contributed by atoms with Crippen LogP contribution in [0.3, 0.4) is 0 Å². The molecule has 2 fully saturated rings. The molecule has 4 aliphatic heterocycles. The van der Waals surface area contributed by atoms with Crippen LogP contribution in [-0.4, -0.2) is 88.7 Å². The molecule has 10 nitrogen and oxygen atoms in total. The number of unbranched alkanes of at least 4 members (excludes halogenated alkanes) is 2. The first kappa shape index (κ1) is 31.9. The van der Waals surface area contributed by atoms with Crippen LogP contribution in [0.2, 0.25) is 0 Å². The lowest BCUT2D eigenvalue weighted by atomic mass is 9.74. The molecule has 0 aromatic heterocycles. The molecule has 3 amide bonds. The summed E-state index contributed by atoms with van der Waals surface area (Å²) in [6, 6.07) is 6.95. The lowest BCUT2D eigenvalue weighted by molar-refractivity contribution is -0.151. The molecule has 7 atom stereocenters. The summed E-state index contributed by atoms with van der Waals surface area (Å²) in [4.78, 5) is 59.0. The van der Waals surface area contributed by atoms with Gasteiger partial charge in [0.25, 0.3) is 0 Å². The maximum Gasteiger partial charge on any atom is 0.306 e. The first-order valence-electron chi connectivity index (χ1n) is 16.0. The Kier molecular flexibility index (Phi) is 9.90. The number of benzene rings is 1. The van der Waals surface area contributed by atoms with Gasteiger partial charge in [-0.3, -0.25) is 19.2 Å². The molecule has 4 heterocycles. The number of rotatable bonds is 8. The van der Waals surface area contributed by atoms with Gasteiger partial charge in [0.05, 0.1) is 36.6 Å². The lowest BCUT2D eigenvalue weighted by Gasteiger charge is -2.40. The summed E-state index contributed by atoms with van der Waals surface area (Å²) in [5.41, 5.74) is -0.575. The van der Waals surface area contributed by atoms with Gasteiger partial charge >= 0.3 is 5.97 Å². The highest BCUT2D eigenvalue weighted by Gasteiger charge is 2.74. The Labute approximate surface area is 259 Å². The molecule has 1 spiro atoms. The summed E-state index contributed by atoms with van der Waals surface area (Å²) in [5.74, 6) is -3.41. The number of carbonyl (C=O) groups is 4. The van der Waals surface area contributed by atoms with E-state index >= 15 is 0 Å². The highest BCUT2D eigenvalue weighted by Crippen LogP contribution is 2.56. The number of esters is 1. The average Bonchev–Trinajstić information content (AvgIpc) is 3.65. The molecule has 5 rings (SSSR count). The number of cyclic esters (lactones) is 1. The van der Waals surface area contributed by atoms with Crippen LogP contribution in [0, 0.1) is 17.8 Å². The van der Waals surface area contributed by atoms with Gasteiger partial charge in [0.1, 0.15) is 18.2 Å². The molecule has 1 aromatic rings. The monoisotopic (exact) mass is 607 g/mol. The Morgan fingerprint density at radius 2 is 1.84 bits per heavy atom. The van der Waals surface area contributed by atoms with E-state index in [1.54, 1.807) is 17.1 Å². The van der Waals surface area contributed by atoms with E-state index in [0.717, 1.165) is 24.8 Å². The van der Waals surface area contributed by atoms with E-state index in [4.69, 9.17) is 9.47 Å². The van der Waals surface area contributed by atoms with Crippen molar-refractivity contribution in [3.63, 3.8) is 0 Å². The van der Waals surface area contributed by atoms with Crippen molar-refractivity contribution < 1.29 is 33.8 Å². The zero-order chi connectivity index (χ0) is 31.4. The molecule has 2 N–H and O–H groups in total. The second kappa shape index (κ2) is 13.6. The Balaban J connectivity index is 1.57. The SMILES string of the molecule is CCCCCN1C/C=C\CCC(=O)OC[C@@H](c2ccccc2)NC(=O)[C@@H]2[C@@H]3C=C[C@]4(O3)[C@H](C1=O)N([C@@H](CO)C(C)C)C(=O)[C@@H]24. The molecule has 238 valence electrons. The van der Waals surface area contributed by atoms with Crippen LogP contribution < -0.4 is 5.32 Å². The third-order valence-electron chi connectivity index (χ3n) is 9.44. The summed E-state index contributed by atoms with van der Waals surface area (Å²) in [6.45, 7) is 6.31. The fourth-order valence-electron chi connectivity index (χ4n) is 7.13. The topological polar surface area (TPSA) is 125 Å². The van der Waals surface area contributed by atoms with Crippen LogP contribution in [0.1, 0.15) is 64.5 Å². The molecular formula is C34H45N3O7. The predicted octanol–water partition coefficient (Wildman–Crippen LogP) is 2.92. The second-order valence-electron chi connectivity index (χ2n) is 12.6. The van der Waals surface area contributed by atoms with Gasteiger partial charge in [-0.2, -0.15) is 0 Å². The van der Waals surface area contributed by atoms with Gasteiger partial charge in [0.2, 0.25) is 17.7 Å². The van der Waals surface area contributed by atoms with Gasteiger partial charge in [-0.15, -0.1) is 0 Å². The number of aliphatic hydroxyl groups excluding tert-OH is 1. The molecule has 0 saturated carbocycles. The average molecular weight is 608 g/mol. The smallest absolute Gasteiger partial charge is 0.306 e. The van der Waals surface area contributed by atoms with E-state index in [1.807, 2.05) is 56.3 Å². The lowest BCUT2D eigenvalue weighted by Crippen LogP contribution is -2.59. The highest BCUT2D eigenvalue weighted by atomic mass is 16.5. The van der Waals surface area contributed by atoms with Crippen molar-refractivity contribution in [3.8, 4) is 0 Å². The zero-order valence-electron chi connectivity index (χ0n) is 25.9. The predicted molar refractivity (Wildman–Crippen MR) is 163 cm³/mol. The number of hydrogen-bond donors (Lipinski definition) is 2. The largest absolute Gasteiger partial charge is 0.463 e. The normalized spacial score (nSPS) is 32.2. The van der Waals surface area contributed by atoms with Gasteiger partial charge in [0.15, 0.2) is 0 Å². The molecule has 0 aliphatic carbocycles. The van der Waals surface area contributed by atoms with Crippen LogP contribution in [-0.2, 0) is 28.7 Å². The van der Waals surface area contributed by atoms with Gasteiger partial charge in [-0.05, 0) is 24.3 Å². The van der Waals surface area contributed by atoms with Gasteiger partial charge in [-0.1, -0.05) is 88.2 Å². The quantitative estimate of drug-likeness (QED) is 0.265. The first-order chi connectivity index (χ1) is 21.2. The molecule has 2 saturated heterocycles. The highest BCUT2D eigenvalue weighted by molar-refractivity contribution is 6.00. The molecule has 4 aliphatic rings. The Bertz CT molecular complexity index is 1280. The fourth-order valence-corrected chi connectivity index (χ4v) is 7.13. The number of amides is 3. The molecule has 0 unspecified atom stereocenters. The minimum Gasteiger partial charge on any atom is -0.463 e. The first-order valence-corrected chi connectivity index (χ1v) is 16.0. The van der Waals surface area contributed by atoms with Crippen molar-refractivity contribution in [1.29, 1.82) is 0 Å². The maximum atomic E-state index is 14.6. The summed E-state index contributed by atoms with van der Waals surface area (Å²) in [6.07, 6.45) is 9.95. The van der Waals surface area contributed by atoms with E-state index < -0.39 is 47.6 Å². The van der Waals surface area contributed by atoms with Crippen molar-refractivity contribution in [2.24, 2.45) is 17.8 Å². The molecular weight excluding hydrogens is 562 g/mol. The number of ether oxygens (including phenoxy) is 2. The summed E-state index contributed by atoms with van der Waals surface area (Å²) in [5, 5.41) is 13.5. The van der Waals surface area contributed by atoms with E-state index in [0.29, 0.717) is 19.5 Å². The standard InChI is InChI=1S/C34H45N3O7/c1-4-5-11-18-36-19-12-7-10-15-27(39)43-21-24(23-13-8-6-9-14-23)35-31(40)28-26-16-17-34(44-26)29(28)32(41)37(30(34)33(36)42)25(20-38)22(2)3/h6-9,12-14,16-17,22,24-26,28-30,38H,4-5,10-11,15,18-21H2,1-3H3,(H,35,40)/b12-7-/t24-,25-,26-,28+,29+,30-,34+/m0/s1. The molecule has 1 aromatic carbocycles. The van der Waals surface area contributed by atoms with Crippen LogP contribution in [0.25, 0.3) is 0 Å². The second-order valence-corrected chi connectivity index (χ2v) is 12.6. The Morgan fingerprint density at radius 1 is 1.07 bits per heavy atom. The van der Waals surface area contributed by atoms with Gasteiger partial charge in [-0.25, -0.2) is 0 Å². The van der Waals surface area contributed by atoms with E-state index in [-0.39, 0.29) is 43.3 Å². The summed E-state index contributed by atoms with van der Waals surface area (Å²) in [7, 11) is 0. The van der Waals surface area contributed by atoms with Crippen molar-refractivity contribution in [2.45, 2.75) is 82.7 Å². The minimum absolute atomic E-state index is 0.0610. The van der Waals surface area contributed by atoms with Crippen LogP contribution >= 0.6 is 0 Å². The maximum absolute atomic E-state index is 14.6. The van der Waals surface area contributed by atoms with Crippen LogP contribution in [0.15, 0.2) is 54.6 Å². The van der Waals surface area contributed by atoms with Crippen LogP contribution in [0.5, 0.6) is 0 Å². The number of nitrogens with one attached hydrogen (secondary N) is 1. The zero-order valence-corrected chi connectivity index (χ0v) is 25.9. The van der Waals surface area contributed by atoms with Gasteiger partial charge in [0, 0.05) is 19.5 Å². The fraction of sp³-hybridized carbons (Fsp3) is 0.588. The number of allylic oxidation sites excluding steroid dienone is 1. The number of carbonyl (C=O) groups excluding carboxylic acids is 4. The number of likely N-dealkylation sites (tertiary alicyclic amines) is 1. The molecule has 0 radical (unpaired) electrons. The molecule has 10 heteroatoms. The third kappa shape index (κ3) is 5.94. The van der Waals surface area contributed by atoms with Crippen LogP contribution in [0.4, 0.5) is 0 Å². The summed E-state index contributed by atoms with van der Waals surface area (Å²) < 4.78 is 12.1. The Morgan fingerprint density at radius 3 is 2.55 bits per heavy atom. The molecule has 44 heavy (non-hydrogen) atoms.